The minimum absolute atomic E-state index is 0.167. The molecule has 0 bridgehead atoms. The first-order chi connectivity index (χ1) is 8.70. The van der Waals surface area contributed by atoms with Crippen LogP contribution in [0.3, 0.4) is 0 Å². The monoisotopic (exact) mass is 268 g/mol. The third kappa shape index (κ3) is 5.52. The molecule has 112 valence electrons. The van der Waals surface area contributed by atoms with E-state index in [1.165, 1.54) is 12.8 Å². The third-order valence-corrected chi connectivity index (χ3v) is 4.16. The molecule has 1 fully saturated rings. The first kappa shape index (κ1) is 16.5. The lowest BCUT2D eigenvalue weighted by Crippen LogP contribution is -2.50. The predicted molar refractivity (Wildman–Crippen MR) is 80.9 cm³/mol. The minimum Gasteiger partial charge on any atom is -0.341 e. The highest BCUT2D eigenvalue weighted by atomic mass is 16.2. The van der Waals surface area contributed by atoms with Gasteiger partial charge in [-0.15, -0.1) is 0 Å². The molecule has 0 heterocycles. The molecular formula is C16H32N2O. The van der Waals surface area contributed by atoms with Crippen molar-refractivity contribution in [3.05, 3.63) is 0 Å². The van der Waals surface area contributed by atoms with Gasteiger partial charge in [0.25, 0.3) is 0 Å². The molecule has 3 nitrogen and oxygen atoms in total. The van der Waals surface area contributed by atoms with Crippen molar-refractivity contribution in [3.63, 3.8) is 0 Å². The Bertz CT molecular complexity index is 296. The van der Waals surface area contributed by atoms with Gasteiger partial charge in [-0.05, 0) is 30.6 Å². The van der Waals surface area contributed by atoms with Crippen LogP contribution in [0.5, 0.6) is 0 Å². The van der Waals surface area contributed by atoms with Crippen LogP contribution in [0.2, 0.25) is 0 Å². The summed E-state index contributed by atoms with van der Waals surface area (Å²) in [6, 6.07) is 0.420. The third-order valence-electron chi connectivity index (χ3n) is 4.16. The summed E-state index contributed by atoms with van der Waals surface area (Å²) in [5, 5.41) is 0. The second kappa shape index (κ2) is 6.74. The topological polar surface area (TPSA) is 46.3 Å². The highest BCUT2D eigenvalue weighted by Gasteiger charge is 2.29. The largest absolute Gasteiger partial charge is 0.341 e. The van der Waals surface area contributed by atoms with Crippen LogP contribution < -0.4 is 5.73 Å². The number of carbonyl (C=O) groups excluding carboxylic acids is 1. The highest BCUT2D eigenvalue weighted by molar-refractivity contribution is 5.76. The first-order valence-electron chi connectivity index (χ1n) is 7.72. The van der Waals surface area contributed by atoms with Crippen LogP contribution in [0, 0.1) is 11.3 Å². The first-order valence-corrected chi connectivity index (χ1v) is 7.72. The molecule has 1 rings (SSSR count). The molecule has 0 aromatic heterocycles. The Morgan fingerprint density at radius 3 is 2.42 bits per heavy atom. The van der Waals surface area contributed by atoms with Crippen LogP contribution in [0.4, 0.5) is 0 Å². The Kier molecular flexibility index (Phi) is 5.84. The van der Waals surface area contributed by atoms with E-state index in [4.69, 9.17) is 5.73 Å². The van der Waals surface area contributed by atoms with Crippen molar-refractivity contribution in [3.8, 4) is 0 Å². The molecule has 0 aromatic carbocycles. The van der Waals surface area contributed by atoms with Gasteiger partial charge >= 0.3 is 0 Å². The van der Waals surface area contributed by atoms with E-state index in [9.17, 15) is 4.79 Å². The van der Waals surface area contributed by atoms with Crippen molar-refractivity contribution < 1.29 is 4.79 Å². The van der Waals surface area contributed by atoms with Gasteiger partial charge in [-0.25, -0.2) is 0 Å². The fourth-order valence-electron chi connectivity index (χ4n) is 3.37. The summed E-state index contributed by atoms with van der Waals surface area (Å²) >= 11 is 0. The van der Waals surface area contributed by atoms with Crippen LogP contribution in [-0.4, -0.2) is 29.9 Å². The zero-order chi connectivity index (χ0) is 14.6. The van der Waals surface area contributed by atoms with Crippen molar-refractivity contribution in [2.24, 2.45) is 17.1 Å². The molecule has 0 spiro atoms. The zero-order valence-electron chi connectivity index (χ0n) is 13.4. The Morgan fingerprint density at radius 1 is 1.32 bits per heavy atom. The molecule has 3 heteroatoms. The van der Waals surface area contributed by atoms with Gasteiger partial charge in [0.1, 0.15) is 0 Å². The van der Waals surface area contributed by atoms with E-state index in [1.54, 1.807) is 0 Å². The molecule has 19 heavy (non-hydrogen) atoms. The molecule has 1 aliphatic rings. The van der Waals surface area contributed by atoms with Gasteiger partial charge < -0.3 is 10.6 Å². The second-order valence-electron chi connectivity index (χ2n) is 7.59. The average Bonchev–Trinajstić information content (AvgIpc) is 2.26. The number of amides is 1. The summed E-state index contributed by atoms with van der Waals surface area (Å²) in [4.78, 5) is 14.3. The van der Waals surface area contributed by atoms with E-state index in [0.717, 1.165) is 19.3 Å². The SMILES string of the molecule is CC(CC(=O)N(C)C1CCCCC1N)CC(C)(C)C. The summed E-state index contributed by atoms with van der Waals surface area (Å²) in [5.74, 6) is 0.703. The smallest absolute Gasteiger partial charge is 0.222 e. The number of rotatable bonds is 4. The fraction of sp³-hybridized carbons (Fsp3) is 0.938. The van der Waals surface area contributed by atoms with E-state index in [-0.39, 0.29) is 18.0 Å². The molecule has 3 unspecified atom stereocenters. The maximum Gasteiger partial charge on any atom is 0.222 e. The number of nitrogens with two attached hydrogens (primary N) is 1. The van der Waals surface area contributed by atoms with E-state index in [0.29, 0.717) is 17.8 Å². The van der Waals surface area contributed by atoms with E-state index >= 15 is 0 Å². The Hall–Kier alpha value is -0.570. The Balaban J connectivity index is 2.48. The standard InChI is InChI=1S/C16H32N2O/c1-12(11-16(2,3)4)10-15(19)18(5)14-9-7-6-8-13(14)17/h12-14H,6-11,17H2,1-5H3. The maximum atomic E-state index is 12.4. The lowest BCUT2D eigenvalue weighted by Gasteiger charge is -2.36. The highest BCUT2D eigenvalue weighted by Crippen LogP contribution is 2.27. The van der Waals surface area contributed by atoms with Gasteiger partial charge in [-0.2, -0.15) is 0 Å². The maximum absolute atomic E-state index is 12.4. The van der Waals surface area contributed by atoms with Gasteiger partial charge in [-0.3, -0.25) is 4.79 Å². The number of carbonyl (C=O) groups is 1. The Morgan fingerprint density at radius 2 is 1.89 bits per heavy atom. The Labute approximate surface area is 118 Å². The average molecular weight is 268 g/mol. The van der Waals surface area contributed by atoms with Crippen molar-refractivity contribution in [2.75, 3.05) is 7.05 Å². The zero-order valence-corrected chi connectivity index (χ0v) is 13.4. The molecule has 0 aromatic rings. The molecule has 1 saturated carbocycles. The molecule has 2 N–H and O–H groups in total. The van der Waals surface area contributed by atoms with Gasteiger partial charge in [0.15, 0.2) is 0 Å². The van der Waals surface area contributed by atoms with Crippen LogP contribution in [0.15, 0.2) is 0 Å². The molecule has 1 aliphatic carbocycles. The number of likely N-dealkylation sites (N-methyl/N-ethyl adjacent to an activating group) is 1. The summed E-state index contributed by atoms with van der Waals surface area (Å²) in [7, 11) is 1.93. The number of hydrogen-bond acceptors (Lipinski definition) is 2. The van der Waals surface area contributed by atoms with Crippen LogP contribution in [-0.2, 0) is 4.79 Å². The normalized spacial score (nSPS) is 26.0. The summed E-state index contributed by atoms with van der Waals surface area (Å²) < 4.78 is 0. The molecule has 0 saturated heterocycles. The molecule has 0 radical (unpaired) electrons. The number of hydrogen-bond donors (Lipinski definition) is 1. The van der Waals surface area contributed by atoms with Gasteiger partial charge in [0, 0.05) is 25.6 Å². The van der Waals surface area contributed by atoms with Gasteiger partial charge in [-0.1, -0.05) is 40.5 Å². The molecule has 0 aliphatic heterocycles. The van der Waals surface area contributed by atoms with Crippen LogP contribution in [0.25, 0.3) is 0 Å². The van der Waals surface area contributed by atoms with E-state index in [1.807, 2.05) is 11.9 Å². The second-order valence-corrected chi connectivity index (χ2v) is 7.59. The molecule has 3 atom stereocenters. The predicted octanol–water partition coefficient (Wildman–Crippen LogP) is 3.18. The molecule has 1 amide bonds. The van der Waals surface area contributed by atoms with E-state index in [2.05, 4.69) is 27.7 Å². The van der Waals surface area contributed by atoms with Gasteiger partial charge in [0.2, 0.25) is 5.91 Å². The fourth-order valence-corrected chi connectivity index (χ4v) is 3.37. The van der Waals surface area contributed by atoms with Crippen LogP contribution >= 0.6 is 0 Å². The summed E-state index contributed by atoms with van der Waals surface area (Å²) in [6.45, 7) is 8.87. The summed E-state index contributed by atoms with van der Waals surface area (Å²) in [5.41, 5.74) is 6.45. The van der Waals surface area contributed by atoms with Gasteiger partial charge in [0.05, 0.1) is 0 Å². The van der Waals surface area contributed by atoms with Crippen molar-refractivity contribution >= 4 is 5.91 Å². The lowest BCUT2D eigenvalue weighted by molar-refractivity contribution is -0.134. The van der Waals surface area contributed by atoms with Crippen molar-refractivity contribution in [1.82, 2.24) is 4.90 Å². The van der Waals surface area contributed by atoms with Crippen molar-refractivity contribution in [2.45, 2.75) is 78.3 Å². The van der Waals surface area contributed by atoms with E-state index < -0.39 is 0 Å². The van der Waals surface area contributed by atoms with Crippen LogP contribution in [0.1, 0.15) is 66.2 Å². The number of nitrogens with zero attached hydrogens (tertiary/aromatic N) is 1. The summed E-state index contributed by atoms with van der Waals surface area (Å²) in [6.07, 6.45) is 6.27. The van der Waals surface area contributed by atoms with Crippen molar-refractivity contribution in [1.29, 1.82) is 0 Å². The minimum atomic E-state index is 0.167. The quantitative estimate of drug-likeness (QED) is 0.851. The molecular weight excluding hydrogens is 236 g/mol. The lowest BCUT2D eigenvalue weighted by atomic mass is 9.83.